The van der Waals surface area contributed by atoms with E-state index in [-0.39, 0.29) is 0 Å². The molecule has 0 amide bonds. The molecule has 1 saturated carbocycles. The van der Waals surface area contributed by atoms with Crippen molar-refractivity contribution in [1.29, 1.82) is 0 Å². The molecule has 1 aliphatic rings. The number of ether oxygens (including phenoxy) is 1. The molecular formula is C15H26N4O. The number of rotatable bonds is 6. The van der Waals surface area contributed by atoms with E-state index in [1.165, 1.54) is 32.1 Å². The van der Waals surface area contributed by atoms with Crippen LogP contribution in [-0.2, 0) is 0 Å². The summed E-state index contributed by atoms with van der Waals surface area (Å²) in [5, 5.41) is 6.66. The molecule has 112 valence electrons. The Morgan fingerprint density at radius 1 is 1.15 bits per heavy atom. The van der Waals surface area contributed by atoms with Crippen molar-refractivity contribution in [2.24, 2.45) is 5.41 Å². The number of methoxy groups -OCH3 is 1. The van der Waals surface area contributed by atoms with E-state index in [4.69, 9.17) is 4.74 Å². The van der Waals surface area contributed by atoms with Gasteiger partial charge in [0.25, 0.3) is 0 Å². The number of anilines is 2. The molecule has 2 rings (SSSR count). The molecule has 0 aliphatic heterocycles. The molecule has 2 N–H and O–H groups in total. The van der Waals surface area contributed by atoms with Crippen LogP contribution in [0.25, 0.3) is 0 Å². The lowest BCUT2D eigenvalue weighted by atomic mass is 9.76. The maximum absolute atomic E-state index is 5.45. The second kappa shape index (κ2) is 6.77. The molecule has 20 heavy (non-hydrogen) atoms. The van der Waals surface area contributed by atoms with Crippen molar-refractivity contribution in [2.75, 3.05) is 30.8 Å². The van der Waals surface area contributed by atoms with E-state index >= 15 is 0 Å². The van der Waals surface area contributed by atoms with Gasteiger partial charge in [0, 0.05) is 13.1 Å². The Kier molecular flexibility index (Phi) is 5.04. The van der Waals surface area contributed by atoms with Gasteiger partial charge in [-0.2, -0.15) is 0 Å². The van der Waals surface area contributed by atoms with Gasteiger partial charge in [-0.05, 0) is 25.2 Å². The molecule has 0 aromatic carbocycles. The molecule has 1 aliphatic carbocycles. The molecule has 0 unspecified atom stereocenters. The van der Waals surface area contributed by atoms with Crippen molar-refractivity contribution in [3.8, 4) is 5.75 Å². The van der Waals surface area contributed by atoms with Crippen molar-refractivity contribution >= 4 is 11.6 Å². The third-order valence-corrected chi connectivity index (χ3v) is 4.10. The van der Waals surface area contributed by atoms with Crippen LogP contribution in [0.4, 0.5) is 11.6 Å². The van der Waals surface area contributed by atoms with Crippen LogP contribution in [0.3, 0.4) is 0 Å². The van der Waals surface area contributed by atoms with Crippen molar-refractivity contribution in [3.63, 3.8) is 0 Å². The van der Waals surface area contributed by atoms with Crippen LogP contribution in [0.15, 0.2) is 6.33 Å². The first kappa shape index (κ1) is 14.9. The minimum atomic E-state index is 0.368. The summed E-state index contributed by atoms with van der Waals surface area (Å²) in [7, 11) is 1.66. The average Bonchev–Trinajstić information content (AvgIpc) is 2.46. The van der Waals surface area contributed by atoms with Gasteiger partial charge in [0.15, 0.2) is 11.6 Å². The van der Waals surface area contributed by atoms with Gasteiger partial charge >= 0.3 is 0 Å². The van der Waals surface area contributed by atoms with Gasteiger partial charge < -0.3 is 15.4 Å². The minimum absolute atomic E-state index is 0.368. The SMILES string of the molecule is CCNc1ncnc(NCC2(C)CCCCC2)c1OC. The van der Waals surface area contributed by atoms with E-state index in [1.807, 2.05) is 6.92 Å². The maximum atomic E-state index is 5.45. The first-order valence-electron chi connectivity index (χ1n) is 7.55. The van der Waals surface area contributed by atoms with Gasteiger partial charge in [0.05, 0.1) is 7.11 Å². The summed E-state index contributed by atoms with van der Waals surface area (Å²) in [5.74, 6) is 2.24. The van der Waals surface area contributed by atoms with Gasteiger partial charge in [-0.15, -0.1) is 0 Å². The zero-order valence-electron chi connectivity index (χ0n) is 12.8. The normalized spacial score (nSPS) is 17.6. The summed E-state index contributed by atoms with van der Waals surface area (Å²) in [6.45, 7) is 6.15. The number of hydrogen-bond donors (Lipinski definition) is 2. The third kappa shape index (κ3) is 3.52. The van der Waals surface area contributed by atoms with E-state index in [0.717, 1.165) is 24.7 Å². The van der Waals surface area contributed by atoms with Crippen molar-refractivity contribution < 1.29 is 4.74 Å². The monoisotopic (exact) mass is 278 g/mol. The molecule has 0 saturated heterocycles. The lowest BCUT2D eigenvalue weighted by Gasteiger charge is -2.34. The standard InChI is InChI=1S/C15H26N4O/c1-4-16-13-12(20-3)14(19-11-18-13)17-10-15(2)8-6-5-7-9-15/h11H,4-10H2,1-3H3,(H2,16,17,18,19). The molecule has 0 atom stereocenters. The minimum Gasteiger partial charge on any atom is -0.490 e. The van der Waals surface area contributed by atoms with Gasteiger partial charge in [0.1, 0.15) is 6.33 Å². The van der Waals surface area contributed by atoms with Crippen LogP contribution in [0.5, 0.6) is 5.75 Å². The Morgan fingerprint density at radius 2 is 1.80 bits per heavy atom. The Balaban J connectivity index is 2.06. The highest BCUT2D eigenvalue weighted by atomic mass is 16.5. The zero-order valence-corrected chi connectivity index (χ0v) is 12.8. The van der Waals surface area contributed by atoms with Crippen molar-refractivity contribution in [3.05, 3.63) is 6.33 Å². The molecular weight excluding hydrogens is 252 g/mol. The highest BCUT2D eigenvalue weighted by Gasteiger charge is 2.27. The number of nitrogens with zero attached hydrogens (tertiary/aromatic N) is 2. The Labute approximate surface area is 121 Å². The lowest BCUT2D eigenvalue weighted by Crippen LogP contribution is -2.29. The van der Waals surface area contributed by atoms with E-state index < -0.39 is 0 Å². The molecule has 0 spiro atoms. The van der Waals surface area contributed by atoms with E-state index in [2.05, 4.69) is 27.5 Å². The number of aromatic nitrogens is 2. The largest absolute Gasteiger partial charge is 0.490 e. The Hall–Kier alpha value is -1.52. The van der Waals surface area contributed by atoms with Crippen LogP contribution in [0, 0.1) is 5.41 Å². The Morgan fingerprint density at radius 3 is 2.40 bits per heavy atom. The fraction of sp³-hybridized carbons (Fsp3) is 0.733. The topological polar surface area (TPSA) is 59.1 Å². The lowest BCUT2D eigenvalue weighted by molar-refractivity contribution is 0.233. The van der Waals surface area contributed by atoms with Crippen LogP contribution in [0.1, 0.15) is 46.0 Å². The predicted octanol–water partition coefficient (Wildman–Crippen LogP) is 3.30. The summed E-state index contributed by atoms with van der Waals surface area (Å²) in [4.78, 5) is 8.55. The first-order chi connectivity index (χ1) is 9.68. The molecule has 1 fully saturated rings. The number of nitrogens with one attached hydrogen (secondary N) is 2. The quantitative estimate of drug-likeness (QED) is 0.836. The number of hydrogen-bond acceptors (Lipinski definition) is 5. The van der Waals surface area contributed by atoms with Crippen molar-refractivity contribution in [1.82, 2.24) is 9.97 Å². The van der Waals surface area contributed by atoms with Gasteiger partial charge in [-0.25, -0.2) is 9.97 Å². The molecule has 1 aromatic heterocycles. The fourth-order valence-electron chi connectivity index (χ4n) is 2.87. The van der Waals surface area contributed by atoms with Crippen LogP contribution in [-0.4, -0.2) is 30.2 Å². The first-order valence-corrected chi connectivity index (χ1v) is 7.55. The molecule has 0 bridgehead atoms. The highest BCUT2D eigenvalue weighted by molar-refractivity contribution is 5.63. The Bertz CT molecular complexity index is 430. The van der Waals surface area contributed by atoms with Crippen LogP contribution < -0.4 is 15.4 Å². The molecule has 5 nitrogen and oxygen atoms in total. The highest BCUT2D eigenvalue weighted by Crippen LogP contribution is 2.37. The predicted molar refractivity (Wildman–Crippen MR) is 82.4 cm³/mol. The van der Waals surface area contributed by atoms with E-state index in [1.54, 1.807) is 13.4 Å². The molecule has 0 radical (unpaired) electrons. The fourth-order valence-corrected chi connectivity index (χ4v) is 2.87. The maximum Gasteiger partial charge on any atom is 0.204 e. The van der Waals surface area contributed by atoms with Gasteiger partial charge in [-0.1, -0.05) is 26.2 Å². The summed E-state index contributed by atoms with van der Waals surface area (Å²) in [6, 6.07) is 0. The molecule has 1 aromatic rings. The van der Waals surface area contributed by atoms with Crippen LogP contribution >= 0.6 is 0 Å². The third-order valence-electron chi connectivity index (χ3n) is 4.10. The summed E-state index contributed by atoms with van der Waals surface area (Å²) < 4.78 is 5.45. The zero-order chi connectivity index (χ0) is 14.4. The smallest absolute Gasteiger partial charge is 0.204 e. The van der Waals surface area contributed by atoms with Crippen molar-refractivity contribution in [2.45, 2.75) is 46.0 Å². The second-order valence-electron chi connectivity index (χ2n) is 5.86. The summed E-state index contributed by atoms with van der Waals surface area (Å²) in [5.41, 5.74) is 0.368. The van der Waals surface area contributed by atoms with E-state index in [9.17, 15) is 0 Å². The molecule has 1 heterocycles. The van der Waals surface area contributed by atoms with E-state index in [0.29, 0.717) is 11.2 Å². The van der Waals surface area contributed by atoms with Crippen LogP contribution in [0.2, 0.25) is 0 Å². The summed E-state index contributed by atoms with van der Waals surface area (Å²) >= 11 is 0. The second-order valence-corrected chi connectivity index (χ2v) is 5.86. The summed E-state index contributed by atoms with van der Waals surface area (Å²) in [6.07, 6.45) is 8.19. The molecule has 5 heteroatoms. The van der Waals surface area contributed by atoms with Gasteiger partial charge in [0.2, 0.25) is 5.75 Å². The van der Waals surface area contributed by atoms with Gasteiger partial charge in [-0.3, -0.25) is 0 Å². The average molecular weight is 278 g/mol.